The topological polar surface area (TPSA) is 101 Å². The Morgan fingerprint density at radius 3 is 2.54 bits per heavy atom. The Labute approximate surface area is 154 Å². The number of aromatic nitrogens is 2. The van der Waals surface area contributed by atoms with Crippen molar-refractivity contribution in [3.05, 3.63) is 59.9 Å². The van der Waals surface area contributed by atoms with Gasteiger partial charge in [-0.15, -0.1) is 0 Å². The summed E-state index contributed by atoms with van der Waals surface area (Å²) in [5, 5.41) is 8.81. The quantitative estimate of drug-likeness (QED) is 0.666. The van der Waals surface area contributed by atoms with E-state index in [0.29, 0.717) is 16.2 Å². The second-order valence-electron chi connectivity index (χ2n) is 5.80. The number of carboxylic acids is 1. The predicted molar refractivity (Wildman–Crippen MR) is 101 cm³/mol. The van der Waals surface area contributed by atoms with Crippen LogP contribution in [0.5, 0.6) is 0 Å². The number of thiocarbonyl (C=S) groups is 1. The Morgan fingerprint density at radius 1 is 1.23 bits per heavy atom. The van der Waals surface area contributed by atoms with E-state index in [2.05, 4.69) is 4.98 Å². The minimum Gasteiger partial charge on any atom is -0.480 e. The largest absolute Gasteiger partial charge is 0.480 e. The molecule has 3 rings (SSSR count). The molecule has 0 unspecified atom stereocenters. The first-order chi connectivity index (χ1) is 12.3. The third-order valence-electron chi connectivity index (χ3n) is 3.89. The second kappa shape index (κ2) is 6.93. The molecule has 0 radical (unpaired) electrons. The summed E-state index contributed by atoms with van der Waals surface area (Å²) in [5.74, 6) is -1.44. The summed E-state index contributed by atoms with van der Waals surface area (Å²) in [6, 6.07) is 10.7. The molecule has 0 bridgehead atoms. The molecule has 0 aliphatic rings. The molecule has 0 aliphatic heterocycles. The van der Waals surface area contributed by atoms with Gasteiger partial charge in [0.15, 0.2) is 0 Å². The molecule has 3 aromatic rings. The highest BCUT2D eigenvalue weighted by molar-refractivity contribution is 7.80. The fraction of sp³-hybridized carbons (Fsp3) is 0.111. The van der Waals surface area contributed by atoms with Gasteiger partial charge in [-0.3, -0.25) is 9.59 Å². The van der Waals surface area contributed by atoms with E-state index in [0.717, 1.165) is 21.7 Å². The number of fused-ring (bicyclic) bond motifs is 1. The molecule has 1 aromatic carbocycles. The van der Waals surface area contributed by atoms with Crippen molar-refractivity contribution < 1.29 is 14.7 Å². The monoisotopic (exact) mass is 368 g/mol. The van der Waals surface area contributed by atoms with Gasteiger partial charge in [0.05, 0.1) is 5.69 Å². The summed E-state index contributed by atoms with van der Waals surface area (Å²) in [6.45, 7) is -0.362. The van der Waals surface area contributed by atoms with Crippen LogP contribution in [0.4, 0.5) is 0 Å². The third kappa shape index (κ3) is 3.55. The van der Waals surface area contributed by atoms with Crippen LogP contribution in [0.25, 0.3) is 16.9 Å². The fourth-order valence-electron chi connectivity index (χ4n) is 2.55. The van der Waals surface area contributed by atoms with E-state index in [1.54, 1.807) is 22.7 Å². The van der Waals surface area contributed by atoms with E-state index in [-0.39, 0.29) is 12.5 Å². The van der Waals surface area contributed by atoms with Crippen molar-refractivity contribution in [2.24, 2.45) is 5.73 Å². The first-order valence-corrected chi connectivity index (χ1v) is 8.12. The Morgan fingerprint density at radius 2 is 1.92 bits per heavy atom. The average Bonchev–Trinajstić information content (AvgIpc) is 3.03. The summed E-state index contributed by atoms with van der Waals surface area (Å²) in [7, 11) is 1.45. The van der Waals surface area contributed by atoms with Gasteiger partial charge in [0.2, 0.25) is 0 Å². The number of pyridine rings is 1. The lowest BCUT2D eigenvalue weighted by molar-refractivity contribution is -0.137. The van der Waals surface area contributed by atoms with E-state index < -0.39 is 5.97 Å². The molecule has 0 saturated carbocycles. The number of carboxylic acid groups (broad SMARTS) is 1. The maximum atomic E-state index is 12.3. The lowest BCUT2D eigenvalue weighted by Gasteiger charge is -2.14. The lowest BCUT2D eigenvalue weighted by Crippen LogP contribution is -2.31. The van der Waals surface area contributed by atoms with Crippen LogP contribution >= 0.6 is 12.2 Å². The molecule has 0 spiro atoms. The van der Waals surface area contributed by atoms with Crippen molar-refractivity contribution >= 4 is 34.7 Å². The van der Waals surface area contributed by atoms with E-state index >= 15 is 0 Å². The number of benzene rings is 1. The van der Waals surface area contributed by atoms with E-state index in [1.165, 1.54) is 7.05 Å². The van der Waals surface area contributed by atoms with E-state index in [1.807, 2.05) is 30.5 Å². The highest BCUT2D eigenvalue weighted by Gasteiger charge is 2.15. The van der Waals surface area contributed by atoms with E-state index in [9.17, 15) is 9.59 Å². The number of hydrogen-bond donors (Lipinski definition) is 2. The molecule has 0 fully saturated rings. The molecular formula is C18H16N4O3S. The number of nitrogens with two attached hydrogens (primary N) is 1. The van der Waals surface area contributed by atoms with Gasteiger partial charge < -0.3 is 20.1 Å². The van der Waals surface area contributed by atoms with Crippen molar-refractivity contribution in [2.45, 2.75) is 0 Å². The molecule has 132 valence electrons. The molecule has 0 atom stereocenters. The van der Waals surface area contributed by atoms with Crippen molar-refractivity contribution in [1.82, 2.24) is 14.3 Å². The number of likely N-dealkylation sites (N-methyl/N-ethyl adjacent to an activating group) is 1. The maximum absolute atomic E-state index is 12.3. The number of amides is 1. The molecule has 7 nitrogen and oxygen atoms in total. The van der Waals surface area contributed by atoms with Crippen LogP contribution in [0.1, 0.15) is 15.9 Å². The Hall–Kier alpha value is -3.26. The van der Waals surface area contributed by atoms with Gasteiger partial charge in [-0.25, -0.2) is 4.98 Å². The fourth-order valence-corrected chi connectivity index (χ4v) is 2.69. The van der Waals surface area contributed by atoms with E-state index in [4.69, 9.17) is 23.1 Å². The molecule has 0 aliphatic carbocycles. The zero-order valence-electron chi connectivity index (χ0n) is 13.9. The number of carbonyl (C=O) groups is 2. The van der Waals surface area contributed by atoms with Gasteiger partial charge in [0.25, 0.3) is 5.91 Å². The number of hydrogen-bond acceptors (Lipinski definition) is 4. The molecule has 8 heteroatoms. The summed E-state index contributed by atoms with van der Waals surface area (Å²) in [5.41, 5.74) is 8.98. The standard InChI is InChI=1S/C18H16N4O3S/c1-21(10-16(23)24)18(25)13-6-7-22-9-14(20-15(22)8-13)11-2-4-12(5-3-11)17(19)26/h2-9H,10H2,1H3,(H2,19,26)(H,23,24). The Kier molecular flexibility index (Phi) is 4.68. The normalized spacial score (nSPS) is 10.7. The minimum atomic E-state index is -1.06. The van der Waals surface area contributed by atoms with Crippen LogP contribution in [0.3, 0.4) is 0 Å². The molecule has 0 saturated heterocycles. The van der Waals surface area contributed by atoms with Crippen LogP contribution in [0.15, 0.2) is 48.8 Å². The van der Waals surface area contributed by atoms with Gasteiger partial charge in [0.1, 0.15) is 17.2 Å². The number of aliphatic carboxylic acids is 1. The van der Waals surface area contributed by atoms with Crippen LogP contribution in [-0.4, -0.2) is 49.8 Å². The lowest BCUT2D eigenvalue weighted by atomic mass is 10.1. The van der Waals surface area contributed by atoms with Gasteiger partial charge >= 0.3 is 5.97 Å². The van der Waals surface area contributed by atoms with Crippen LogP contribution in [0, 0.1) is 0 Å². The Bertz CT molecular complexity index is 1010. The van der Waals surface area contributed by atoms with Crippen molar-refractivity contribution in [3.8, 4) is 11.3 Å². The van der Waals surface area contributed by atoms with Crippen LogP contribution < -0.4 is 5.73 Å². The molecule has 1 amide bonds. The summed E-state index contributed by atoms with van der Waals surface area (Å²) >= 11 is 4.95. The molecular weight excluding hydrogens is 352 g/mol. The molecule has 3 N–H and O–H groups in total. The third-order valence-corrected chi connectivity index (χ3v) is 4.13. The SMILES string of the molecule is CN(CC(=O)O)C(=O)c1ccn2cc(-c3ccc(C(N)=S)cc3)nc2c1. The highest BCUT2D eigenvalue weighted by Crippen LogP contribution is 2.20. The summed E-state index contributed by atoms with van der Waals surface area (Å²) < 4.78 is 1.80. The zero-order valence-corrected chi connectivity index (χ0v) is 14.7. The molecule has 2 heterocycles. The van der Waals surface area contributed by atoms with Gasteiger partial charge in [-0.05, 0) is 12.1 Å². The van der Waals surface area contributed by atoms with Crippen molar-refractivity contribution in [3.63, 3.8) is 0 Å². The maximum Gasteiger partial charge on any atom is 0.323 e. The number of nitrogens with zero attached hydrogens (tertiary/aromatic N) is 3. The minimum absolute atomic E-state index is 0.334. The summed E-state index contributed by atoms with van der Waals surface area (Å²) in [6.07, 6.45) is 3.57. The first-order valence-electron chi connectivity index (χ1n) is 7.71. The van der Waals surface area contributed by atoms with Gasteiger partial charge in [0, 0.05) is 36.1 Å². The van der Waals surface area contributed by atoms with Crippen LogP contribution in [-0.2, 0) is 4.79 Å². The number of rotatable bonds is 5. The van der Waals surface area contributed by atoms with Crippen molar-refractivity contribution in [2.75, 3.05) is 13.6 Å². The van der Waals surface area contributed by atoms with Gasteiger partial charge in [-0.1, -0.05) is 36.5 Å². The van der Waals surface area contributed by atoms with Crippen LogP contribution in [0.2, 0.25) is 0 Å². The highest BCUT2D eigenvalue weighted by atomic mass is 32.1. The second-order valence-corrected chi connectivity index (χ2v) is 6.24. The smallest absolute Gasteiger partial charge is 0.323 e. The summed E-state index contributed by atoms with van der Waals surface area (Å²) in [4.78, 5) is 29.1. The average molecular weight is 368 g/mol. The molecule has 26 heavy (non-hydrogen) atoms. The zero-order chi connectivity index (χ0) is 18.8. The number of imidazole rings is 1. The van der Waals surface area contributed by atoms with Gasteiger partial charge in [-0.2, -0.15) is 0 Å². The van der Waals surface area contributed by atoms with Crippen molar-refractivity contribution in [1.29, 1.82) is 0 Å². The molecule has 2 aromatic heterocycles. The Balaban J connectivity index is 1.91. The number of carbonyl (C=O) groups excluding carboxylic acids is 1. The first kappa shape index (κ1) is 17.6. The predicted octanol–water partition coefficient (Wildman–Crippen LogP) is 1.79.